The molecule has 30 heavy (non-hydrogen) atoms. The summed E-state index contributed by atoms with van der Waals surface area (Å²) in [7, 11) is 1.60. The summed E-state index contributed by atoms with van der Waals surface area (Å²) >= 11 is 0. The van der Waals surface area contributed by atoms with E-state index in [0.717, 1.165) is 34.8 Å². The Morgan fingerprint density at radius 1 is 1.20 bits per heavy atom. The van der Waals surface area contributed by atoms with Gasteiger partial charge in [-0.05, 0) is 43.3 Å². The van der Waals surface area contributed by atoms with E-state index < -0.39 is 0 Å². The molecule has 1 N–H and O–H groups in total. The number of benzene rings is 2. The molecule has 1 atom stereocenters. The lowest BCUT2D eigenvalue weighted by Gasteiger charge is -2.17. The Bertz CT molecular complexity index is 1060. The van der Waals surface area contributed by atoms with Gasteiger partial charge in [-0.15, -0.1) is 0 Å². The highest BCUT2D eigenvalue weighted by molar-refractivity contribution is 6.00. The maximum absolute atomic E-state index is 12.6. The first-order valence-corrected chi connectivity index (χ1v) is 10.3. The Kier molecular flexibility index (Phi) is 5.70. The van der Waals surface area contributed by atoms with E-state index in [1.165, 1.54) is 0 Å². The third kappa shape index (κ3) is 3.87. The van der Waals surface area contributed by atoms with E-state index >= 15 is 0 Å². The molecule has 0 aliphatic carbocycles. The first-order chi connectivity index (χ1) is 14.6. The van der Waals surface area contributed by atoms with Crippen molar-refractivity contribution in [2.45, 2.75) is 26.3 Å². The Balaban J connectivity index is 1.35. The number of imidazole rings is 1. The molecular weight excluding hydrogens is 380 g/mol. The van der Waals surface area contributed by atoms with Crippen molar-refractivity contribution in [3.05, 3.63) is 54.4 Å². The second kappa shape index (κ2) is 8.57. The number of aryl methyl sites for hydroxylation is 1. The fourth-order valence-corrected chi connectivity index (χ4v) is 4.01. The predicted molar refractivity (Wildman–Crippen MR) is 116 cm³/mol. The van der Waals surface area contributed by atoms with Gasteiger partial charge in [0, 0.05) is 38.2 Å². The van der Waals surface area contributed by atoms with Crippen LogP contribution in [0.4, 0.5) is 5.69 Å². The number of rotatable bonds is 7. The van der Waals surface area contributed by atoms with E-state index in [1.807, 2.05) is 42.5 Å². The van der Waals surface area contributed by atoms with E-state index in [2.05, 4.69) is 22.9 Å². The molecule has 2 heterocycles. The molecule has 0 radical (unpaired) electrons. The van der Waals surface area contributed by atoms with Gasteiger partial charge >= 0.3 is 0 Å². The zero-order valence-corrected chi connectivity index (χ0v) is 17.3. The molecule has 3 aromatic rings. The molecule has 2 aromatic carbocycles. The first-order valence-electron chi connectivity index (χ1n) is 10.3. The number of para-hydroxylation sites is 2. The maximum Gasteiger partial charge on any atom is 0.227 e. The minimum Gasteiger partial charge on any atom is -0.497 e. The largest absolute Gasteiger partial charge is 0.497 e. The smallest absolute Gasteiger partial charge is 0.227 e. The summed E-state index contributed by atoms with van der Waals surface area (Å²) < 4.78 is 7.33. The van der Waals surface area contributed by atoms with Gasteiger partial charge < -0.3 is 19.5 Å². The van der Waals surface area contributed by atoms with Gasteiger partial charge in [0.1, 0.15) is 11.6 Å². The maximum atomic E-state index is 12.6. The lowest BCUT2D eigenvalue weighted by atomic mass is 10.1. The summed E-state index contributed by atoms with van der Waals surface area (Å²) in [6.45, 7) is 3.81. The standard InChI is InChI=1S/C23H26N4O3/c1-3-26-20-7-5-4-6-19(20)25-21(26)12-13-24-23(29)16-14-22(28)27(15-16)17-8-10-18(30-2)11-9-17/h4-11,16H,3,12-15H2,1-2H3,(H,24,29). The lowest BCUT2D eigenvalue weighted by Crippen LogP contribution is -2.34. The highest BCUT2D eigenvalue weighted by Gasteiger charge is 2.35. The summed E-state index contributed by atoms with van der Waals surface area (Å²) in [6, 6.07) is 15.4. The number of anilines is 1. The second-order valence-electron chi connectivity index (χ2n) is 7.41. The van der Waals surface area contributed by atoms with Crippen LogP contribution in [0.1, 0.15) is 19.2 Å². The number of carbonyl (C=O) groups is 2. The van der Waals surface area contributed by atoms with E-state index in [9.17, 15) is 9.59 Å². The number of ether oxygens (including phenoxy) is 1. The van der Waals surface area contributed by atoms with Gasteiger partial charge in [-0.1, -0.05) is 12.1 Å². The molecule has 1 saturated heterocycles. The van der Waals surface area contributed by atoms with E-state index in [4.69, 9.17) is 9.72 Å². The van der Waals surface area contributed by atoms with Crippen LogP contribution < -0.4 is 15.0 Å². The van der Waals surface area contributed by atoms with Crippen molar-refractivity contribution in [2.75, 3.05) is 25.1 Å². The zero-order valence-electron chi connectivity index (χ0n) is 17.3. The number of hydrogen-bond acceptors (Lipinski definition) is 4. The van der Waals surface area contributed by atoms with Crippen molar-refractivity contribution in [3.8, 4) is 5.75 Å². The van der Waals surface area contributed by atoms with E-state index in [1.54, 1.807) is 12.0 Å². The van der Waals surface area contributed by atoms with Gasteiger partial charge in [0.25, 0.3) is 0 Å². The average Bonchev–Trinajstić information content (AvgIpc) is 3.33. The molecule has 7 heteroatoms. The van der Waals surface area contributed by atoms with Crippen LogP contribution in [0.5, 0.6) is 5.75 Å². The molecule has 2 amide bonds. The summed E-state index contributed by atoms with van der Waals surface area (Å²) in [4.78, 5) is 31.4. The van der Waals surface area contributed by atoms with Crippen molar-refractivity contribution in [1.29, 1.82) is 0 Å². The Morgan fingerprint density at radius 2 is 1.97 bits per heavy atom. The number of amides is 2. The van der Waals surface area contributed by atoms with Crippen LogP contribution in [0.15, 0.2) is 48.5 Å². The van der Waals surface area contributed by atoms with Crippen molar-refractivity contribution in [1.82, 2.24) is 14.9 Å². The monoisotopic (exact) mass is 406 g/mol. The molecule has 0 saturated carbocycles. The minimum absolute atomic E-state index is 0.0342. The van der Waals surface area contributed by atoms with Gasteiger partial charge in [-0.2, -0.15) is 0 Å². The second-order valence-corrected chi connectivity index (χ2v) is 7.41. The van der Waals surface area contributed by atoms with Crippen LogP contribution in [0.25, 0.3) is 11.0 Å². The number of aromatic nitrogens is 2. The molecule has 0 bridgehead atoms. The summed E-state index contributed by atoms with van der Waals surface area (Å²) in [5.41, 5.74) is 2.86. The molecule has 1 aliphatic heterocycles. The van der Waals surface area contributed by atoms with Gasteiger partial charge in [0.2, 0.25) is 11.8 Å². The topological polar surface area (TPSA) is 76.5 Å². The Morgan fingerprint density at radius 3 is 2.70 bits per heavy atom. The molecule has 7 nitrogen and oxygen atoms in total. The van der Waals surface area contributed by atoms with Gasteiger partial charge in [0.15, 0.2) is 0 Å². The predicted octanol–water partition coefficient (Wildman–Crippen LogP) is 2.78. The number of nitrogens with one attached hydrogen (secondary N) is 1. The molecule has 1 fully saturated rings. The van der Waals surface area contributed by atoms with E-state index in [0.29, 0.717) is 19.5 Å². The van der Waals surface area contributed by atoms with Crippen LogP contribution in [-0.4, -0.2) is 41.6 Å². The SMILES string of the molecule is CCn1c(CCNC(=O)C2CC(=O)N(c3ccc(OC)cc3)C2)nc2ccccc21. The third-order valence-electron chi connectivity index (χ3n) is 5.58. The van der Waals surface area contributed by atoms with Crippen molar-refractivity contribution < 1.29 is 14.3 Å². The van der Waals surface area contributed by atoms with Gasteiger partial charge in [0.05, 0.1) is 24.1 Å². The molecule has 1 aliphatic rings. The molecule has 156 valence electrons. The van der Waals surface area contributed by atoms with Crippen molar-refractivity contribution in [2.24, 2.45) is 5.92 Å². The molecular formula is C23H26N4O3. The minimum atomic E-state index is -0.343. The summed E-state index contributed by atoms with van der Waals surface area (Å²) in [5.74, 6) is 1.23. The number of methoxy groups -OCH3 is 1. The summed E-state index contributed by atoms with van der Waals surface area (Å²) in [6.07, 6.45) is 0.877. The van der Waals surface area contributed by atoms with E-state index in [-0.39, 0.29) is 24.2 Å². The summed E-state index contributed by atoms with van der Waals surface area (Å²) in [5, 5.41) is 2.99. The van der Waals surface area contributed by atoms with Crippen LogP contribution in [0.3, 0.4) is 0 Å². The fourth-order valence-electron chi connectivity index (χ4n) is 4.01. The van der Waals surface area contributed by atoms with Crippen LogP contribution in [-0.2, 0) is 22.6 Å². The Labute approximate surface area is 175 Å². The normalized spacial score (nSPS) is 16.3. The van der Waals surface area contributed by atoms with Crippen LogP contribution in [0.2, 0.25) is 0 Å². The highest BCUT2D eigenvalue weighted by atomic mass is 16.5. The lowest BCUT2D eigenvalue weighted by molar-refractivity contribution is -0.126. The quantitative estimate of drug-likeness (QED) is 0.655. The highest BCUT2D eigenvalue weighted by Crippen LogP contribution is 2.27. The van der Waals surface area contributed by atoms with Gasteiger partial charge in [-0.25, -0.2) is 4.98 Å². The number of hydrogen-bond donors (Lipinski definition) is 1. The van der Waals surface area contributed by atoms with Crippen LogP contribution in [0, 0.1) is 5.92 Å². The average molecular weight is 406 g/mol. The number of fused-ring (bicyclic) bond motifs is 1. The molecule has 1 aromatic heterocycles. The Hall–Kier alpha value is -3.35. The van der Waals surface area contributed by atoms with Crippen molar-refractivity contribution in [3.63, 3.8) is 0 Å². The third-order valence-corrected chi connectivity index (χ3v) is 5.58. The first kappa shape index (κ1) is 19.9. The molecule has 0 spiro atoms. The number of carbonyl (C=O) groups excluding carboxylic acids is 2. The molecule has 1 unspecified atom stereocenters. The fraction of sp³-hybridized carbons (Fsp3) is 0.348. The number of nitrogens with zero attached hydrogens (tertiary/aromatic N) is 3. The molecule has 4 rings (SSSR count). The zero-order chi connectivity index (χ0) is 21.1. The van der Waals surface area contributed by atoms with Crippen LogP contribution >= 0.6 is 0 Å². The van der Waals surface area contributed by atoms with Gasteiger partial charge in [-0.3, -0.25) is 9.59 Å². The van der Waals surface area contributed by atoms with Crippen molar-refractivity contribution >= 4 is 28.5 Å².